The summed E-state index contributed by atoms with van der Waals surface area (Å²) in [5, 5.41) is 21.4. The SMILES string of the molecule is Cn1cc(Nc2ncc3cnn(Cc4cccc(F)c4C#N)c3n2)cn1. The lowest BCUT2D eigenvalue weighted by molar-refractivity contribution is 0.616. The van der Waals surface area contributed by atoms with E-state index >= 15 is 0 Å². The Morgan fingerprint density at radius 1 is 1.23 bits per heavy atom. The van der Waals surface area contributed by atoms with Crippen LogP contribution in [0.5, 0.6) is 0 Å². The van der Waals surface area contributed by atoms with Gasteiger partial charge >= 0.3 is 0 Å². The van der Waals surface area contributed by atoms with E-state index in [0.29, 0.717) is 17.2 Å². The van der Waals surface area contributed by atoms with Crippen LogP contribution in [0.3, 0.4) is 0 Å². The summed E-state index contributed by atoms with van der Waals surface area (Å²) in [5.74, 6) is -0.151. The lowest BCUT2D eigenvalue weighted by atomic mass is 10.1. The smallest absolute Gasteiger partial charge is 0.229 e. The van der Waals surface area contributed by atoms with Crippen LogP contribution in [0.2, 0.25) is 0 Å². The first-order valence-electron chi connectivity index (χ1n) is 7.76. The Bertz CT molecular complexity index is 1140. The number of aryl methyl sites for hydroxylation is 1. The van der Waals surface area contributed by atoms with Crippen molar-refractivity contribution in [3.05, 3.63) is 59.9 Å². The van der Waals surface area contributed by atoms with Crippen LogP contribution < -0.4 is 5.32 Å². The lowest BCUT2D eigenvalue weighted by Gasteiger charge is -2.07. The molecule has 1 aromatic carbocycles. The summed E-state index contributed by atoms with van der Waals surface area (Å²) in [5.41, 5.74) is 1.89. The molecule has 3 aromatic heterocycles. The molecule has 0 fully saturated rings. The van der Waals surface area contributed by atoms with Gasteiger partial charge in [0.15, 0.2) is 5.65 Å². The number of halogens is 1. The third-order valence-corrected chi connectivity index (χ3v) is 3.87. The Hall–Kier alpha value is -3.80. The van der Waals surface area contributed by atoms with Gasteiger partial charge in [-0.15, -0.1) is 0 Å². The number of rotatable bonds is 4. The van der Waals surface area contributed by atoms with Gasteiger partial charge in [-0.2, -0.15) is 20.4 Å². The maximum absolute atomic E-state index is 13.8. The van der Waals surface area contributed by atoms with E-state index in [2.05, 4.69) is 25.5 Å². The van der Waals surface area contributed by atoms with Gasteiger partial charge in [0.1, 0.15) is 11.9 Å². The highest BCUT2D eigenvalue weighted by Gasteiger charge is 2.12. The van der Waals surface area contributed by atoms with Crippen molar-refractivity contribution in [1.29, 1.82) is 5.26 Å². The van der Waals surface area contributed by atoms with Crippen LogP contribution in [-0.4, -0.2) is 29.5 Å². The minimum absolute atomic E-state index is 0.0129. The monoisotopic (exact) mass is 348 g/mol. The molecule has 0 spiro atoms. The average Bonchev–Trinajstić information content (AvgIpc) is 3.21. The van der Waals surface area contributed by atoms with E-state index in [1.807, 2.05) is 13.1 Å². The molecule has 4 rings (SSSR count). The highest BCUT2D eigenvalue weighted by molar-refractivity contribution is 5.75. The highest BCUT2D eigenvalue weighted by atomic mass is 19.1. The van der Waals surface area contributed by atoms with Gasteiger partial charge in [-0.05, 0) is 11.6 Å². The van der Waals surface area contributed by atoms with E-state index in [1.165, 1.54) is 6.07 Å². The van der Waals surface area contributed by atoms with Gasteiger partial charge in [-0.3, -0.25) is 4.68 Å². The second-order valence-electron chi connectivity index (χ2n) is 5.69. The molecule has 0 saturated heterocycles. The first-order valence-corrected chi connectivity index (χ1v) is 7.76. The first kappa shape index (κ1) is 15.7. The van der Waals surface area contributed by atoms with Crippen molar-refractivity contribution in [2.24, 2.45) is 7.05 Å². The summed E-state index contributed by atoms with van der Waals surface area (Å²) < 4.78 is 17.1. The quantitative estimate of drug-likeness (QED) is 0.608. The molecule has 3 heterocycles. The van der Waals surface area contributed by atoms with Gasteiger partial charge in [-0.25, -0.2) is 14.1 Å². The zero-order valence-electron chi connectivity index (χ0n) is 13.8. The predicted octanol–water partition coefficient (Wildman–Crippen LogP) is 2.36. The summed E-state index contributed by atoms with van der Waals surface area (Å²) in [4.78, 5) is 8.73. The van der Waals surface area contributed by atoms with E-state index in [0.717, 1.165) is 11.1 Å². The van der Waals surface area contributed by atoms with Crippen molar-refractivity contribution in [2.75, 3.05) is 5.32 Å². The van der Waals surface area contributed by atoms with Crippen LogP contribution in [0.1, 0.15) is 11.1 Å². The Kier molecular flexibility index (Phi) is 3.78. The molecule has 0 radical (unpaired) electrons. The number of nitrogens with zero attached hydrogens (tertiary/aromatic N) is 7. The maximum Gasteiger partial charge on any atom is 0.229 e. The van der Waals surface area contributed by atoms with Crippen molar-refractivity contribution >= 4 is 22.7 Å². The van der Waals surface area contributed by atoms with Crippen molar-refractivity contribution in [3.63, 3.8) is 0 Å². The van der Waals surface area contributed by atoms with Crippen LogP contribution in [-0.2, 0) is 13.6 Å². The molecular weight excluding hydrogens is 335 g/mol. The van der Waals surface area contributed by atoms with Gasteiger partial charge in [-0.1, -0.05) is 12.1 Å². The molecule has 0 aliphatic carbocycles. The van der Waals surface area contributed by atoms with Crippen molar-refractivity contribution < 1.29 is 4.39 Å². The third kappa shape index (κ3) is 2.84. The van der Waals surface area contributed by atoms with Gasteiger partial charge in [0, 0.05) is 19.4 Å². The average molecular weight is 348 g/mol. The van der Waals surface area contributed by atoms with Crippen LogP contribution in [0.15, 0.2) is 43.0 Å². The van der Waals surface area contributed by atoms with E-state index in [-0.39, 0.29) is 12.1 Å². The minimum Gasteiger partial charge on any atom is -0.321 e. The van der Waals surface area contributed by atoms with Crippen molar-refractivity contribution in [3.8, 4) is 6.07 Å². The van der Waals surface area contributed by atoms with E-state index < -0.39 is 5.82 Å². The lowest BCUT2D eigenvalue weighted by Crippen LogP contribution is -2.06. The standard InChI is InChI=1S/C17H13FN8/c1-25-10-13(8-21-25)23-17-20-6-12-7-22-26(16(12)24-17)9-11-3-2-4-15(18)14(11)5-19/h2-4,6-8,10H,9H2,1H3,(H,20,23,24). The van der Waals surface area contributed by atoms with Crippen molar-refractivity contribution in [2.45, 2.75) is 6.54 Å². The zero-order chi connectivity index (χ0) is 18.1. The molecule has 0 aliphatic heterocycles. The molecule has 0 saturated carbocycles. The largest absolute Gasteiger partial charge is 0.321 e. The number of aromatic nitrogens is 6. The molecule has 4 aromatic rings. The third-order valence-electron chi connectivity index (χ3n) is 3.87. The molecule has 9 heteroatoms. The molecule has 0 aliphatic rings. The summed E-state index contributed by atoms with van der Waals surface area (Å²) >= 11 is 0. The fourth-order valence-corrected chi connectivity index (χ4v) is 2.64. The fourth-order valence-electron chi connectivity index (χ4n) is 2.64. The molecule has 1 N–H and O–H groups in total. The second kappa shape index (κ2) is 6.25. The molecule has 0 unspecified atom stereocenters. The number of nitriles is 1. The Labute approximate surface area is 147 Å². The normalized spacial score (nSPS) is 10.8. The van der Waals surface area contributed by atoms with Crippen molar-refractivity contribution in [1.82, 2.24) is 29.5 Å². The molecule has 26 heavy (non-hydrogen) atoms. The molecular formula is C17H13FN8. The van der Waals surface area contributed by atoms with E-state index in [9.17, 15) is 9.65 Å². The van der Waals surface area contributed by atoms with E-state index in [4.69, 9.17) is 0 Å². The number of benzene rings is 1. The summed E-state index contributed by atoms with van der Waals surface area (Å²) in [6.07, 6.45) is 6.75. The maximum atomic E-state index is 13.8. The van der Waals surface area contributed by atoms with Gasteiger partial charge in [0.05, 0.1) is 35.6 Å². The molecule has 0 amide bonds. The molecule has 0 atom stereocenters. The zero-order valence-corrected chi connectivity index (χ0v) is 13.8. The molecule has 8 nitrogen and oxygen atoms in total. The van der Waals surface area contributed by atoms with Crippen LogP contribution >= 0.6 is 0 Å². The molecule has 0 bridgehead atoms. The van der Waals surface area contributed by atoms with Gasteiger partial charge < -0.3 is 5.32 Å². The number of hydrogen-bond acceptors (Lipinski definition) is 6. The van der Waals surface area contributed by atoms with E-state index in [1.54, 1.807) is 46.3 Å². The first-order chi connectivity index (χ1) is 12.6. The van der Waals surface area contributed by atoms with Gasteiger partial charge in [0.25, 0.3) is 0 Å². The minimum atomic E-state index is -0.546. The summed E-state index contributed by atoms with van der Waals surface area (Å²) in [7, 11) is 1.82. The number of anilines is 2. The predicted molar refractivity (Wildman–Crippen MR) is 92.0 cm³/mol. The summed E-state index contributed by atoms with van der Waals surface area (Å²) in [6, 6.07) is 6.44. The highest BCUT2D eigenvalue weighted by Crippen LogP contribution is 2.19. The summed E-state index contributed by atoms with van der Waals surface area (Å²) in [6.45, 7) is 0.230. The second-order valence-corrected chi connectivity index (χ2v) is 5.69. The number of hydrogen-bond donors (Lipinski definition) is 1. The Balaban J connectivity index is 1.69. The topological polar surface area (TPSA) is 97.2 Å². The van der Waals surface area contributed by atoms with Gasteiger partial charge in [0.2, 0.25) is 5.95 Å². The fraction of sp³-hybridized carbons (Fsp3) is 0.118. The van der Waals surface area contributed by atoms with Crippen LogP contribution in [0.4, 0.5) is 16.0 Å². The molecule has 128 valence electrons. The Morgan fingerprint density at radius 3 is 2.88 bits per heavy atom. The van der Waals surface area contributed by atoms with Crippen LogP contribution in [0.25, 0.3) is 11.0 Å². The number of fused-ring (bicyclic) bond motifs is 1. The number of nitrogens with one attached hydrogen (secondary N) is 1. The van der Waals surface area contributed by atoms with Crippen LogP contribution in [0, 0.1) is 17.1 Å². The Morgan fingerprint density at radius 2 is 2.12 bits per heavy atom.